The van der Waals surface area contributed by atoms with E-state index in [0.29, 0.717) is 24.9 Å². The average Bonchev–Trinajstić information content (AvgIpc) is 2.91. The molecule has 6 nitrogen and oxygen atoms in total. The van der Waals surface area contributed by atoms with E-state index in [9.17, 15) is 9.90 Å². The van der Waals surface area contributed by atoms with E-state index in [2.05, 4.69) is 57.3 Å². The maximum atomic E-state index is 11.1. The summed E-state index contributed by atoms with van der Waals surface area (Å²) in [4.78, 5) is 11.1. The molecule has 3 aromatic rings. The first kappa shape index (κ1) is 27.7. The van der Waals surface area contributed by atoms with E-state index in [1.807, 2.05) is 24.3 Å². The smallest absolute Gasteiger partial charge is 0.335 e. The van der Waals surface area contributed by atoms with E-state index in [1.165, 1.54) is 11.1 Å². The maximum Gasteiger partial charge on any atom is 0.335 e. The number of hydrogen-bond donors (Lipinski definition) is 3. The van der Waals surface area contributed by atoms with Crippen LogP contribution in [0, 0.1) is 0 Å². The fraction of sp³-hybridized carbons (Fsp3) is 0.406. The Bertz CT molecular complexity index is 1210. The molecule has 0 fully saturated rings. The molecule has 2 unspecified atom stereocenters. The van der Waals surface area contributed by atoms with Crippen molar-refractivity contribution in [3.63, 3.8) is 0 Å². The van der Waals surface area contributed by atoms with Crippen LogP contribution in [0.5, 0.6) is 11.5 Å². The molecular weight excluding hydrogens is 478 g/mol. The number of hydrogen-bond acceptors (Lipinski definition) is 5. The van der Waals surface area contributed by atoms with Gasteiger partial charge in [-0.05, 0) is 76.8 Å². The van der Waals surface area contributed by atoms with E-state index in [0.717, 1.165) is 41.0 Å². The Labute approximate surface area is 225 Å². The molecule has 0 spiro atoms. The van der Waals surface area contributed by atoms with Crippen LogP contribution in [-0.2, 0) is 6.42 Å². The number of aliphatic hydroxyl groups excluding tert-OH is 1. The number of aliphatic hydroxyl groups is 1. The summed E-state index contributed by atoms with van der Waals surface area (Å²) in [6.45, 7) is 9.95. The molecule has 0 bridgehead atoms. The lowest BCUT2D eigenvalue weighted by atomic mass is 9.94. The molecule has 38 heavy (non-hydrogen) atoms. The van der Waals surface area contributed by atoms with Crippen LogP contribution in [0.4, 0.5) is 0 Å². The second kappa shape index (κ2) is 12.5. The van der Waals surface area contributed by atoms with Crippen molar-refractivity contribution in [1.82, 2.24) is 5.32 Å². The second-order valence-corrected chi connectivity index (χ2v) is 10.7. The quantitative estimate of drug-likeness (QED) is 0.288. The number of rotatable bonds is 11. The van der Waals surface area contributed by atoms with E-state index in [4.69, 9.17) is 14.6 Å². The van der Waals surface area contributed by atoms with E-state index < -0.39 is 12.1 Å². The average molecular weight is 518 g/mol. The molecule has 0 saturated carbocycles. The molecule has 6 heteroatoms. The van der Waals surface area contributed by atoms with Crippen molar-refractivity contribution < 1.29 is 24.5 Å². The van der Waals surface area contributed by atoms with Crippen molar-refractivity contribution in [1.29, 1.82) is 0 Å². The summed E-state index contributed by atoms with van der Waals surface area (Å²) in [5.74, 6) is 1.55. The van der Waals surface area contributed by atoms with Gasteiger partial charge in [0.05, 0.1) is 5.56 Å². The van der Waals surface area contributed by atoms with Crippen molar-refractivity contribution in [3.05, 3.63) is 82.9 Å². The van der Waals surface area contributed by atoms with Gasteiger partial charge in [-0.3, -0.25) is 0 Å². The highest BCUT2D eigenvalue weighted by molar-refractivity contribution is 5.88. The molecule has 2 atom stereocenters. The third kappa shape index (κ3) is 6.74. The van der Waals surface area contributed by atoms with Gasteiger partial charge in [0.1, 0.15) is 30.3 Å². The predicted octanol–water partition coefficient (Wildman–Crippen LogP) is 6.02. The molecule has 0 amide bonds. The topological polar surface area (TPSA) is 88.0 Å². The van der Waals surface area contributed by atoms with Gasteiger partial charge in [0.25, 0.3) is 0 Å². The van der Waals surface area contributed by atoms with Crippen molar-refractivity contribution in [2.75, 3.05) is 19.7 Å². The lowest BCUT2D eigenvalue weighted by Gasteiger charge is -2.27. The van der Waals surface area contributed by atoms with Gasteiger partial charge in [0.2, 0.25) is 0 Å². The Morgan fingerprint density at radius 1 is 1.00 bits per heavy atom. The van der Waals surface area contributed by atoms with Crippen LogP contribution in [0.2, 0.25) is 0 Å². The van der Waals surface area contributed by atoms with Gasteiger partial charge in [-0.2, -0.15) is 0 Å². The highest BCUT2D eigenvalue weighted by Gasteiger charge is 2.21. The van der Waals surface area contributed by atoms with Crippen molar-refractivity contribution in [2.24, 2.45) is 0 Å². The normalized spacial score (nSPS) is 15.7. The van der Waals surface area contributed by atoms with Crippen molar-refractivity contribution in [2.45, 2.75) is 64.6 Å². The number of carbonyl (C=O) groups is 1. The number of ether oxygens (including phenoxy) is 2. The predicted molar refractivity (Wildman–Crippen MR) is 151 cm³/mol. The summed E-state index contributed by atoms with van der Waals surface area (Å²) < 4.78 is 12.4. The third-order valence-corrected chi connectivity index (χ3v) is 7.05. The zero-order chi connectivity index (χ0) is 27.2. The molecular formula is C32H39NO5. The lowest BCUT2D eigenvalue weighted by molar-refractivity contribution is 0.0697. The molecule has 4 rings (SSSR count). The summed E-state index contributed by atoms with van der Waals surface area (Å²) in [5, 5.41) is 23.0. The maximum absolute atomic E-state index is 11.1. The molecule has 1 aliphatic rings. The fourth-order valence-corrected chi connectivity index (χ4v) is 4.87. The van der Waals surface area contributed by atoms with Gasteiger partial charge in [-0.25, -0.2) is 4.79 Å². The molecule has 202 valence electrons. The second-order valence-electron chi connectivity index (χ2n) is 10.7. The first-order valence-electron chi connectivity index (χ1n) is 13.5. The minimum Gasteiger partial charge on any atom is -0.490 e. The monoisotopic (exact) mass is 517 g/mol. The van der Waals surface area contributed by atoms with Crippen LogP contribution < -0.4 is 14.8 Å². The highest BCUT2D eigenvalue weighted by atomic mass is 16.5. The summed E-state index contributed by atoms with van der Waals surface area (Å²) in [7, 11) is 0. The molecule has 1 heterocycles. The Morgan fingerprint density at radius 3 is 2.29 bits per heavy atom. The number of carboxylic acids is 1. The number of carboxylic acid groups (broad SMARTS) is 1. The molecule has 0 saturated heterocycles. The first-order chi connectivity index (χ1) is 18.2. The zero-order valence-corrected chi connectivity index (χ0v) is 22.7. The van der Waals surface area contributed by atoms with Crippen molar-refractivity contribution in [3.8, 4) is 22.6 Å². The zero-order valence-electron chi connectivity index (χ0n) is 22.7. The standard InChI is InChI=1S/C32H39NO5/c1-20(2)28-6-5-7-29(21(3)4)31(28)37-19-26(34)17-33-18-27-14-12-25-16-24(13-15-30(25)38-27)22-8-10-23(11-9-22)32(35)36/h5-11,13,15-16,20-21,26-27,33-34H,12,14,17-19H2,1-4H3,(H,35,36). The summed E-state index contributed by atoms with van der Waals surface area (Å²) in [6, 6.07) is 19.3. The van der Waals surface area contributed by atoms with E-state index in [-0.39, 0.29) is 18.3 Å². The van der Waals surface area contributed by atoms with Crippen LogP contribution >= 0.6 is 0 Å². The number of benzene rings is 3. The highest BCUT2D eigenvalue weighted by Crippen LogP contribution is 2.35. The molecule has 1 aliphatic heterocycles. The van der Waals surface area contributed by atoms with Crippen LogP contribution in [-0.4, -0.2) is 48.1 Å². The number of para-hydroxylation sites is 1. The molecule has 0 aromatic heterocycles. The van der Waals surface area contributed by atoms with Gasteiger partial charge in [0, 0.05) is 13.1 Å². The van der Waals surface area contributed by atoms with Crippen LogP contribution in [0.15, 0.2) is 60.7 Å². The largest absolute Gasteiger partial charge is 0.490 e. The first-order valence-corrected chi connectivity index (χ1v) is 13.5. The van der Waals surface area contributed by atoms with Crippen LogP contribution in [0.3, 0.4) is 0 Å². The van der Waals surface area contributed by atoms with Gasteiger partial charge in [-0.15, -0.1) is 0 Å². The minimum atomic E-state index is -0.924. The Balaban J connectivity index is 1.27. The van der Waals surface area contributed by atoms with Crippen LogP contribution in [0.1, 0.15) is 73.0 Å². The van der Waals surface area contributed by atoms with Gasteiger partial charge in [-0.1, -0.05) is 64.1 Å². The Kier molecular flexibility index (Phi) is 9.08. The molecule has 0 aliphatic carbocycles. The van der Waals surface area contributed by atoms with Crippen molar-refractivity contribution >= 4 is 5.97 Å². The van der Waals surface area contributed by atoms with E-state index in [1.54, 1.807) is 12.1 Å². The van der Waals surface area contributed by atoms with Gasteiger partial charge < -0.3 is 25.0 Å². The summed E-state index contributed by atoms with van der Waals surface area (Å²) in [6.07, 6.45) is 1.19. The van der Waals surface area contributed by atoms with E-state index >= 15 is 0 Å². The number of fused-ring (bicyclic) bond motifs is 1. The number of aromatic carboxylic acids is 1. The van der Waals surface area contributed by atoms with Gasteiger partial charge >= 0.3 is 5.97 Å². The number of aryl methyl sites for hydroxylation is 1. The summed E-state index contributed by atoms with van der Waals surface area (Å²) in [5.41, 5.74) is 5.80. The molecule has 3 aromatic carbocycles. The SMILES string of the molecule is CC(C)c1cccc(C(C)C)c1OCC(O)CNCC1CCc2cc(-c3ccc(C(=O)O)cc3)ccc2O1. The van der Waals surface area contributed by atoms with Gasteiger partial charge in [0.15, 0.2) is 0 Å². The number of nitrogens with one attached hydrogen (secondary N) is 1. The fourth-order valence-electron chi connectivity index (χ4n) is 4.87. The van der Waals surface area contributed by atoms with Crippen LogP contribution in [0.25, 0.3) is 11.1 Å². The lowest BCUT2D eigenvalue weighted by Crippen LogP contribution is -2.39. The third-order valence-electron chi connectivity index (χ3n) is 7.05. The summed E-state index contributed by atoms with van der Waals surface area (Å²) >= 11 is 0. The Morgan fingerprint density at radius 2 is 1.66 bits per heavy atom. The molecule has 0 radical (unpaired) electrons. The Hall–Kier alpha value is -3.35. The molecule has 3 N–H and O–H groups in total. The minimum absolute atomic E-state index is 0.0329.